The van der Waals surface area contributed by atoms with Crippen LogP contribution in [0.5, 0.6) is 0 Å². The normalized spacial score (nSPS) is 23.2. The summed E-state index contributed by atoms with van der Waals surface area (Å²) in [7, 11) is 0. The van der Waals surface area contributed by atoms with Crippen LogP contribution in [0.2, 0.25) is 0 Å². The van der Waals surface area contributed by atoms with Gasteiger partial charge in [0.15, 0.2) is 0 Å². The Morgan fingerprint density at radius 3 is 2.63 bits per heavy atom. The van der Waals surface area contributed by atoms with E-state index in [-0.39, 0.29) is 0 Å². The highest BCUT2D eigenvalue weighted by atomic mass is 14.7. The van der Waals surface area contributed by atoms with Gasteiger partial charge in [0.1, 0.15) is 0 Å². The lowest BCUT2D eigenvalue weighted by Gasteiger charge is -2.35. The maximum absolute atomic E-state index is 4.66. The van der Waals surface area contributed by atoms with Gasteiger partial charge < -0.3 is 0 Å². The quantitative estimate of drug-likeness (QED) is 0.679. The lowest BCUT2D eigenvalue weighted by molar-refractivity contribution is 0.358. The van der Waals surface area contributed by atoms with Crippen molar-refractivity contribution in [2.75, 3.05) is 0 Å². The van der Waals surface area contributed by atoms with Crippen molar-refractivity contribution < 1.29 is 0 Å². The van der Waals surface area contributed by atoms with E-state index in [4.69, 9.17) is 0 Å². The Morgan fingerprint density at radius 2 is 1.89 bits per heavy atom. The van der Waals surface area contributed by atoms with E-state index in [1.54, 1.807) is 5.56 Å². The standard InChI is InChI=1S/C18H25N/c1-13-11-18(2,3)12-16-17(13)15(9-10-19-16)14-7-5-4-6-8-14/h9-10,14H,1,4-8,11-12H2,2-3H3. The van der Waals surface area contributed by atoms with E-state index in [1.807, 2.05) is 6.20 Å². The van der Waals surface area contributed by atoms with Crippen LogP contribution < -0.4 is 0 Å². The van der Waals surface area contributed by atoms with Crippen LogP contribution in [-0.2, 0) is 6.42 Å². The molecule has 0 spiro atoms. The molecule has 0 aromatic carbocycles. The minimum absolute atomic E-state index is 0.322. The third kappa shape index (κ3) is 2.48. The zero-order chi connectivity index (χ0) is 13.5. The topological polar surface area (TPSA) is 12.9 Å². The first-order chi connectivity index (χ1) is 9.07. The van der Waals surface area contributed by atoms with Crippen LogP contribution in [-0.4, -0.2) is 4.98 Å². The van der Waals surface area contributed by atoms with Crippen molar-refractivity contribution in [2.24, 2.45) is 5.41 Å². The molecule has 19 heavy (non-hydrogen) atoms. The number of hydrogen-bond donors (Lipinski definition) is 0. The second kappa shape index (κ2) is 4.77. The Labute approximate surface area is 117 Å². The van der Waals surface area contributed by atoms with Gasteiger partial charge >= 0.3 is 0 Å². The molecule has 0 aliphatic heterocycles. The van der Waals surface area contributed by atoms with Gasteiger partial charge in [0, 0.05) is 17.5 Å². The fraction of sp³-hybridized carbons (Fsp3) is 0.611. The zero-order valence-electron chi connectivity index (χ0n) is 12.3. The van der Waals surface area contributed by atoms with Crippen molar-refractivity contribution in [3.63, 3.8) is 0 Å². The summed E-state index contributed by atoms with van der Waals surface area (Å²) in [6.07, 6.45) is 11.1. The van der Waals surface area contributed by atoms with Crippen LogP contribution in [0.4, 0.5) is 0 Å². The Morgan fingerprint density at radius 1 is 1.16 bits per heavy atom. The monoisotopic (exact) mass is 255 g/mol. The minimum Gasteiger partial charge on any atom is -0.261 e. The lowest BCUT2D eigenvalue weighted by Crippen LogP contribution is -2.24. The van der Waals surface area contributed by atoms with Crippen molar-refractivity contribution in [1.82, 2.24) is 4.98 Å². The first kappa shape index (κ1) is 12.9. The Hall–Kier alpha value is -1.11. The molecule has 2 aliphatic rings. The lowest BCUT2D eigenvalue weighted by atomic mass is 9.71. The Balaban J connectivity index is 2.01. The van der Waals surface area contributed by atoms with Crippen molar-refractivity contribution in [2.45, 2.75) is 64.7 Å². The molecule has 1 fully saturated rings. The van der Waals surface area contributed by atoms with Crippen molar-refractivity contribution in [3.05, 3.63) is 35.7 Å². The molecule has 3 rings (SSSR count). The SMILES string of the molecule is C=C1CC(C)(C)Cc2nccc(C3CCCCC3)c21. The molecule has 1 aromatic rings. The molecule has 0 bridgehead atoms. The number of pyridine rings is 1. The summed E-state index contributed by atoms with van der Waals surface area (Å²) in [5, 5.41) is 0. The van der Waals surface area contributed by atoms with Crippen LogP contribution in [0, 0.1) is 5.41 Å². The summed E-state index contributed by atoms with van der Waals surface area (Å²) in [6.45, 7) is 9.03. The van der Waals surface area contributed by atoms with Gasteiger partial charge in [0.05, 0.1) is 0 Å². The molecule has 1 heteroatoms. The van der Waals surface area contributed by atoms with Gasteiger partial charge in [-0.3, -0.25) is 4.98 Å². The van der Waals surface area contributed by atoms with E-state index in [0.717, 1.165) is 18.8 Å². The summed E-state index contributed by atoms with van der Waals surface area (Å²) < 4.78 is 0. The van der Waals surface area contributed by atoms with Gasteiger partial charge in [-0.05, 0) is 54.2 Å². The molecule has 0 unspecified atom stereocenters. The Bertz CT molecular complexity index is 492. The summed E-state index contributed by atoms with van der Waals surface area (Å²) >= 11 is 0. The summed E-state index contributed by atoms with van der Waals surface area (Å²) in [5.41, 5.74) is 5.91. The van der Waals surface area contributed by atoms with Gasteiger partial charge in [0.25, 0.3) is 0 Å². The second-order valence-electron chi connectivity index (χ2n) is 7.18. The number of nitrogens with zero attached hydrogens (tertiary/aromatic N) is 1. The maximum atomic E-state index is 4.66. The van der Waals surface area contributed by atoms with Crippen LogP contribution in [0.3, 0.4) is 0 Å². The molecular weight excluding hydrogens is 230 g/mol. The second-order valence-corrected chi connectivity index (χ2v) is 7.18. The molecule has 0 radical (unpaired) electrons. The number of rotatable bonds is 1. The van der Waals surface area contributed by atoms with E-state index in [9.17, 15) is 0 Å². The average Bonchev–Trinajstić information content (AvgIpc) is 2.37. The van der Waals surface area contributed by atoms with E-state index in [0.29, 0.717) is 5.41 Å². The molecule has 102 valence electrons. The maximum Gasteiger partial charge on any atom is 0.0486 e. The van der Waals surface area contributed by atoms with Crippen LogP contribution in [0.25, 0.3) is 5.57 Å². The van der Waals surface area contributed by atoms with Gasteiger partial charge in [-0.25, -0.2) is 0 Å². The molecule has 0 amide bonds. The molecular formula is C18H25N. The van der Waals surface area contributed by atoms with Gasteiger partial charge in [-0.15, -0.1) is 0 Å². The number of fused-ring (bicyclic) bond motifs is 1. The highest BCUT2D eigenvalue weighted by Crippen LogP contribution is 2.44. The van der Waals surface area contributed by atoms with Gasteiger partial charge in [-0.2, -0.15) is 0 Å². The van der Waals surface area contributed by atoms with Crippen LogP contribution in [0.15, 0.2) is 18.8 Å². The predicted molar refractivity (Wildman–Crippen MR) is 81.2 cm³/mol. The van der Waals surface area contributed by atoms with E-state index >= 15 is 0 Å². The summed E-state index contributed by atoms with van der Waals surface area (Å²) in [5.74, 6) is 0.753. The zero-order valence-corrected chi connectivity index (χ0v) is 12.3. The molecule has 1 heterocycles. The fourth-order valence-electron chi connectivity index (χ4n) is 4.00. The van der Waals surface area contributed by atoms with Gasteiger partial charge in [0.2, 0.25) is 0 Å². The molecule has 1 nitrogen and oxygen atoms in total. The summed E-state index contributed by atoms with van der Waals surface area (Å²) in [6, 6.07) is 2.26. The molecule has 2 aliphatic carbocycles. The first-order valence-electron chi connectivity index (χ1n) is 7.73. The van der Waals surface area contributed by atoms with Crippen molar-refractivity contribution in [3.8, 4) is 0 Å². The number of hydrogen-bond acceptors (Lipinski definition) is 1. The third-order valence-corrected chi connectivity index (χ3v) is 4.80. The van der Waals surface area contributed by atoms with E-state index in [2.05, 4.69) is 31.5 Å². The third-order valence-electron chi connectivity index (χ3n) is 4.80. The molecule has 1 saturated carbocycles. The molecule has 0 N–H and O–H groups in total. The van der Waals surface area contributed by atoms with Crippen molar-refractivity contribution >= 4 is 5.57 Å². The summed E-state index contributed by atoms with van der Waals surface area (Å²) in [4.78, 5) is 4.66. The van der Waals surface area contributed by atoms with Gasteiger partial charge in [-0.1, -0.05) is 39.7 Å². The Kier molecular flexibility index (Phi) is 3.24. The predicted octanol–water partition coefficient (Wildman–Crippen LogP) is 5.11. The van der Waals surface area contributed by atoms with Crippen LogP contribution >= 0.6 is 0 Å². The first-order valence-corrected chi connectivity index (χ1v) is 7.73. The molecule has 0 atom stereocenters. The average molecular weight is 255 g/mol. The van der Waals surface area contributed by atoms with E-state index in [1.165, 1.54) is 48.9 Å². The highest BCUT2D eigenvalue weighted by molar-refractivity contribution is 5.71. The fourth-order valence-corrected chi connectivity index (χ4v) is 4.00. The largest absolute Gasteiger partial charge is 0.261 e. The van der Waals surface area contributed by atoms with Crippen LogP contribution in [0.1, 0.15) is 75.1 Å². The smallest absolute Gasteiger partial charge is 0.0486 e. The molecule has 1 aromatic heterocycles. The molecule has 0 saturated heterocycles. The van der Waals surface area contributed by atoms with Crippen molar-refractivity contribution in [1.29, 1.82) is 0 Å². The van der Waals surface area contributed by atoms with E-state index < -0.39 is 0 Å². The number of allylic oxidation sites excluding steroid dienone is 1. The number of aromatic nitrogens is 1. The highest BCUT2D eigenvalue weighted by Gasteiger charge is 2.31. The minimum atomic E-state index is 0.322.